The van der Waals surface area contributed by atoms with Crippen LogP contribution in [-0.4, -0.2) is 55.8 Å². The number of hydrogen-bond donors (Lipinski definition) is 0. The van der Waals surface area contributed by atoms with E-state index >= 15 is 0 Å². The second kappa shape index (κ2) is 14.4. The minimum absolute atomic E-state index is 0.146. The fourth-order valence-corrected chi connectivity index (χ4v) is 7.29. The van der Waals surface area contributed by atoms with Gasteiger partial charge in [-0.1, -0.05) is 81.4 Å². The van der Waals surface area contributed by atoms with Crippen LogP contribution < -0.4 is 0 Å². The Kier molecular flexibility index (Phi) is 14.4. The van der Waals surface area contributed by atoms with E-state index in [9.17, 15) is 0 Å². The molecule has 0 saturated carbocycles. The first-order valence-electron chi connectivity index (χ1n) is 14.2. The third-order valence-electron chi connectivity index (χ3n) is 9.19. The minimum Gasteiger partial charge on any atom is -0.413 e. The molecule has 0 fully saturated rings. The van der Waals surface area contributed by atoms with Gasteiger partial charge in [-0.05, 0) is 67.4 Å². The maximum Gasteiger partial charge on any atom is 0.192 e. The van der Waals surface area contributed by atoms with E-state index in [1.807, 2.05) is 7.11 Å². The lowest BCUT2D eigenvalue weighted by Gasteiger charge is -2.45. The molecule has 216 valence electrons. The Morgan fingerprint density at radius 1 is 0.694 bits per heavy atom. The fourth-order valence-electron chi connectivity index (χ4n) is 4.33. The Hall–Kier alpha value is 0.0138. The van der Waals surface area contributed by atoms with Crippen LogP contribution in [0, 0.1) is 23.7 Å². The zero-order valence-electron chi connectivity index (χ0n) is 27.2. The summed E-state index contributed by atoms with van der Waals surface area (Å²) >= 11 is 0. The molecule has 0 rings (SSSR count). The quantitative estimate of drug-likeness (QED) is 0.152. The lowest BCUT2D eigenvalue weighted by atomic mass is 9.81. The maximum atomic E-state index is 7.12. The van der Waals surface area contributed by atoms with E-state index < -0.39 is 16.6 Å². The Morgan fingerprint density at radius 3 is 1.50 bits per heavy atom. The average molecular weight is 545 g/mol. The van der Waals surface area contributed by atoms with Crippen LogP contribution in [0.5, 0.6) is 0 Å². The van der Waals surface area contributed by atoms with Gasteiger partial charge in [-0.25, -0.2) is 0 Å². The molecule has 0 aliphatic heterocycles. The van der Waals surface area contributed by atoms with Crippen LogP contribution in [0.1, 0.15) is 82.6 Å². The van der Waals surface area contributed by atoms with Crippen molar-refractivity contribution in [3.05, 3.63) is 12.2 Å². The van der Waals surface area contributed by atoms with Crippen molar-refractivity contribution in [1.29, 1.82) is 0 Å². The van der Waals surface area contributed by atoms with Crippen LogP contribution >= 0.6 is 0 Å². The summed E-state index contributed by atoms with van der Waals surface area (Å²) in [6, 6.07) is 0. The molecule has 6 heteroatoms. The summed E-state index contributed by atoms with van der Waals surface area (Å²) in [7, 11) is -0.321. The zero-order chi connectivity index (χ0) is 28.7. The summed E-state index contributed by atoms with van der Waals surface area (Å²) in [6.07, 6.45) is 5.92. The maximum absolute atomic E-state index is 7.12. The molecule has 0 radical (unpaired) electrons. The van der Waals surface area contributed by atoms with Crippen LogP contribution in [0.25, 0.3) is 0 Å². The highest BCUT2D eigenvalue weighted by Gasteiger charge is 2.44. The SMILES string of the molecule is COC/C=C\C(C)C(O[Si](C)(C)C(C)(C)C)C(C)CC(C)C(O[Si](C)(C)C(C)(C)C)C(C)C(C)OC. The average Bonchev–Trinajstić information content (AvgIpc) is 2.72. The highest BCUT2D eigenvalue weighted by molar-refractivity contribution is 6.74. The van der Waals surface area contributed by atoms with Gasteiger partial charge in [0, 0.05) is 20.1 Å². The van der Waals surface area contributed by atoms with Gasteiger partial charge >= 0.3 is 0 Å². The highest BCUT2D eigenvalue weighted by atomic mass is 28.4. The molecule has 0 N–H and O–H groups in total. The predicted molar refractivity (Wildman–Crippen MR) is 163 cm³/mol. The van der Waals surface area contributed by atoms with Crippen LogP contribution in [0.15, 0.2) is 12.2 Å². The van der Waals surface area contributed by atoms with Gasteiger partial charge in [-0.15, -0.1) is 0 Å². The predicted octanol–water partition coefficient (Wildman–Crippen LogP) is 8.94. The standard InChI is InChI=1S/C30H64O4Si2/c1-22(19-18-20-31-12)27(33-35(14,15)29(6,7)8)23(2)21-24(3)28(25(4)26(5)32-13)34-36(16,17)30(9,10)11/h18-19,22-28H,20-21H2,1-17H3/b19-18-. The van der Waals surface area contributed by atoms with Gasteiger partial charge in [-0.2, -0.15) is 0 Å². The van der Waals surface area contributed by atoms with Crippen molar-refractivity contribution < 1.29 is 18.3 Å². The monoisotopic (exact) mass is 544 g/mol. The van der Waals surface area contributed by atoms with Gasteiger partial charge in [0.2, 0.25) is 0 Å². The Morgan fingerprint density at radius 2 is 1.11 bits per heavy atom. The molecule has 36 heavy (non-hydrogen) atoms. The molecule has 0 aromatic rings. The smallest absolute Gasteiger partial charge is 0.192 e. The molecular weight excluding hydrogens is 480 g/mol. The van der Waals surface area contributed by atoms with Gasteiger partial charge in [0.15, 0.2) is 16.6 Å². The molecule has 0 heterocycles. The van der Waals surface area contributed by atoms with Crippen molar-refractivity contribution in [1.82, 2.24) is 0 Å². The Labute approximate surface area is 228 Å². The number of rotatable bonds is 15. The molecule has 7 unspecified atom stereocenters. The summed E-state index contributed by atoms with van der Waals surface area (Å²) in [5.74, 6) is 1.41. The molecule has 0 spiro atoms. The molecular formula is C30H64O4Si2. The van der Waals surface area contributed by atoms with Crippen molar-refractivity contribution in [2.24, 2.45) is 23.7 Å². The Balaban J connectivity index is 6.08. The van der Waals surface area contributed by atoms with Crippen LogP contribution in [-0.2, 0) is 18.3 Å². The zero-order valence-corrected chi connectivity index (χ0v) is 29.2. The molecule has 0 aromatic carbocycles. The molecule has 0 amide bonds. The van der Waals surface area contributed by atoms with Crippen molar-refractivity contribution in [2.75, 3.05) is 20.8 Å². The van der Waals surface area contributed by atoms with E-state index in [0.717, 1.165) is 6.42 Å². The van der Waals surface area contributed by atoms with Gasteiger partial charge < -0.3 is 18.3 Å². The van der Waals surface area contributed by atoms with Crippen LogP contribution in [0.4, 0.5) is 0 Å². The third-order valence-corrected chi connectivity index (χ3v) is 18.1. The first-order valence-corrected chi connectivity index (χ1v) is 20.0. The van der Waals surface area contributed by atoms with Crippen molar-refractivity contribution >= 4 is 16.6 Å². The molecule has 0 bridgehead atoms. The van der Waals surface area contributed by atoms with Gasteiger partial charge in [0.25, 0.3) is 0 Å². The largest absolute Gasteiger partial charge is 0.413 e. The Bertz CT molecular complexity index is 648. The second-order valence-electron chi connectivity index (χ2n) is 14.4. The minimum atomic E-state index is -1.94. The summed E-state index contributed by atoms with van der Waals surface area (Å²) in [5.41, 5.74) is 0. The van der Waals surface area contributed by atoms with Crippen molar-refractivity contribution in [3.63, 3.8) is 0 Å². The van der Waals surface area contributed by atoms with E-state index in [1.165, 1.54) is 0 Å². The van der Waals surface area contributed by atoms with Gasteiger partial charge in [-0.3, -0.25) is 0 Å². The first kappa shape index (κ1) is 36.0. The van der Waals surface area contributed by atoms with E-state index in [2.05, 4.69) is 115 Å². The van der Waals surface area contributed by atoms with Crippen LogP contribution in [0.3, 0.4) is 0 Å². The van der Waals surface area contributed by atoms with Gasteiger partial charge in [0.1, 0.15) is 0 Å². The first-order chi connectivity index (χ1) is 16.1. The third kappa shape index (κ3) is 10.6. The lowest BCUT2D eigenvalue weighted by molar-refractivity contribution is -0.0218. The summed E-state index contributed by atoms with van der Waals surface area (Å²) in [4.78, 5) is 0. The molecule has 0 aliphatic rings. The van der Waals surface area contributed by atoms with E-state index in [0.29, 0.717) is 30.3 Å². The molecule has 0 aliphatic carbocycles. The molecule has 0 aromatic heterocycles. The van der Waals surface area contributed by atoms with E-state index in [4.69, 9.17) is 18.3 Å². The molecule has 4 nitrogen and oxygen atoms in total. The fraction of sp³-hybridized carbons (Fsp3) is 0.933. The van der Waals surface area contributed by atoms with Crippen molar-refractivity contribution in [2.45, 2.75) is 137 Å². The number of hydrogen-bond acceptors (Lipinski definition) is 4. The summed E-state index contributed by atoms with van der Waals surface area (Å²) in [6.45, 7) is 35.6. The normalized spacial score (nSPS) is 20.1. The van der Waals surface area contributed by atoms with E-state index in [-0.39, 0.29) is 28.4 Å². The highest BCUT2D eigenvalue weighted by Crippen LogP contribution is 2.42. The summed E-state index contributed by atoms with van der Waals surface area (Å²) in [5, 5.41) is 0.337. The van der Waals surface area contributed by atoms with E-state index in [1.54, 1.807) is 7.11 Å². The molecule has 0 saturated heterocycles. The number of ether oxygens (including phenoxy) is 2. The van der Waals surface area contributed by atoms with Crippen LogP contribution in [0.2, 0.25) is 36.3 Å². The van der Waals surface area contributed by atoms with Crippen molar-refractivity contribution in [3.8, 4) is 0 Å². The summed E-state index contributed by atoms with van der Waals surface area (Å²) < 4.78 is 25.3. The second-order valence-corrected chi connectivity index (χ2v) is 23.9. The topological polar surface area (TPSA) is 36.9 Å². The molecule has 7 atom stereocenters. The number of methoxy groups -OCH3 is 2. The van der Waals surface area contributed by atoms with Gasteiger partial charge in [0.05, 0.1) is 24.9 Å². The lowest BCUT2D eigenvalue weighted by Crippen LogP contribution is -2.50.